The van der Waals surface area contributed by atoms with Crippen molar-refractivity contribution in [2.24, 2.45) is 0 Å². The highest BCUT2D eigenvalue weighted by Gasteiger charge is 2.20. The zero-order valence-electron chi connectivity index (χ0n) is 12.3. The summed E-state index contributed by atoms with van der Waals surface area (Å²) in [5, 5.41) is 15.0. The standard InChI is InChI=1S/C17H17ClN2O3/c18-14-8-6-13(7-9-14)11-19-17(23)20-15(16(21)22)10-12-4-2-1-3-5-12/h1-9,15H,10-11H2,(H,21,22)(H2,19,20,23)/t15-/m0/s1. The molecule has 0 bridgehead atoms. The highest BCUT2D eigenvalue weighted by Crippen LogP contribution is 2.09. The second-order valence-electron chi connectivity index (χ2n) is 5.03. The quantitative estimate of drug-likeness (QED) is 0.761. The van der Waals surface area contributed by atoms with Gasteiger partial charge in [-0.15, -0.1) is 0 Å². The summed E-state index contributed by atoms with van der Waals surface area (Å²) in [6, 6.07) is 14.7. The fraction of sp³-hybridized carbons (Fsp3) is 0.176. The van der Waals surface area contributed by atoms with Crippen LogP contribution in [0.2, 0.25) is 5.02 Å². The Morgan fingerprint density at radius 3 is 2.26 bits per heavy atom. The van der Waals surface area contributed by atoms with E-state index in [1.54, 1.807) is 24.3 Å². The summed E-state index contributed by atoms with van der Waals surface area (Å²) < 4.78 is 0. The summed E-state index contributed by atoms with van der Waals surface area (Å²) in [6.45, 7) is 0.292. The van der Waals surface area contributed by atoms with Crippen LogP contribution in [0.1, 0.15) is 11.1 Å². The van der Waals surface area contributed by atoms with Crippen molar-refractivity contribution in [3.05, 3.63) is 70.7 Å². The fourth-order valence-corrected chi connectivity index (χ4v) is 2.17. The first-order chi connectivity index (χ1) is 11.0. The van der Waals surface area contributed by atoms with Crippen LogP contribution in [0.5, 0.6) is 0 Å². The number of nitrogens with one attached hydrogen (secondary N) is 2. The molecule has 0 saturated carbocycles. The number of carboxylic acid groups (broad SMARTS) is 1. The zero-order chi connectivity index (χ0) is 16.7. The molecule has 0 fully saturated rings. The van der Waals surface area contributed by atoms with Gasteiger partial charge >= 0.3 is 12.0 Å². The third kappa shape index (κ3) is 5.64. The van der Waals surface area contributed by atoms with E-state index in [0.717, 1.165) is 11.1 Å². The van der Waals surface area contributed by atoms with Crippen molar-refractivity contribution in [1.82, 2.24) is 10.6 Å². The highest BCUT2D eigenvalue weighted by molar-refractivity contribution is 6.30. The van der Waals surface area contributed by atoms with E-state index in [4.69, 9.17) is 11.6 Å². The number of carbonyl (C=O) groups excluding carboxylic acids is 1. The Hall–Kier alpha value is -2.53. The first kappa shape index (κ1) is 16.8. The lowest BCUT2D eigenvalue weighted by Gasteiger charge is -2.15. The molecule has 120 valence electrons. The molecule has 2 aromatic carbocycles. The summed E-state index contributed by atoms with van der Waals surface area (Å²) in [6.07, 6.45) is 0.227. The second-order valence-corrected chi connectivity index (χ2v) is 5.47. The van der Waals surface area contributed by atoms with Gasteiger partial charge in [-0.05, 0) is 23.3 Å². The van der Waals surface area contributed by atoms with Crippen LogP contribution in [0.4, 0.5) is 4.79 Å². The molecule has 2 amide bonds. The highest BCUT2D eigenvalue weighted by atomic mass is 35.5. The SMILES string of the molecule is O=C(NCc1ccc(Cl)cc1)N[C@@H](Cc1ccccc1)C(=O)O. The maximum absolute atomic E-state index is 11.9. The van der Waals surface area contributed by atoms with Gasteiger partial charge in [-0.2, -0.15) is 0 Å². The number of urea groups is 1. The van der Waals surface area contributed by atoms with Crippen molar-refractivity contribution in [3.63, 3.8) is 0 Å². The number of aliphatic carboxylic acids is 1. The number of hydrogen-bond donors (Lipinski definition) is 3. The Kier molecular flexibility index (Phi) is 6.00. The normalized spacial score (nSPS) is 11.5. The zero-order valence-corrected chi connectivity index (χ0v) is 13.1. The number of carbonyl (C=O) groups is 2. The van der Waals surface area contributed by atoms with Crippen molar-refractivity contribution in [2.75, 3.05) is 0 Å². The van der Waals surface area contributed by atoms with E-state index in [2.05, 4.69) is 10.6 Å². The molecule has 0 aliphatic carbocycles. The number of carboxylic acids is 1. The van der Waals surface area contributed by atoms with E-state index in [1.807, 2.05) is 30.3 Å². The van der Waals surface area contributed by atoms with Crippen molar-refractivity contribution in [1.29, 1.82) is 0 Å². The average molecular weight is 333 g/mol. The van der Waals surface area contributed by atoms with Gasteiger partial charge in [0, 0.05) is 18.0 Å². The van der Waals surface area contributed by atoms with Gasteiger partial charge in [0.25, 0.3) is 0 Å². The molecule has 23 heavy (non-hydrogen) atoms. The molecule has 3 N–H and O–H groups in total. The largest absolute Gasteiger partial charge is 0.480 e. The molecule has 0 aliphatic heterocycles. The molecule has 5 nitrogen and oxygen atoms in total. The minimum Gasteiger partial charge on any atom is -0.480 e. The molecular formula is C17H17ClN2O3. The Labute approximate surface area is 139 Å². The van der Waals surface area contributed by atoms with Gasteiger partial charge in [-0.3, -0.25) is 0 Å². The monoisotopic (exact) mass is 332 g/mol. The van der Waals surface area contributed by atoms with Crippen molar-refractivity contribution in [2.45, 2.75) is 19.0 Å². The van der Waals surface area contributed by atoms with E-state index in [9.17, 15) is 14.7 Å². The average Bonchev–Trinajstić information content (AvgIpc) is 2.54. The van der Waals surface area contributed by atoms with Crippen LogP contribution < -0.4 is 10.6 Å². The Morgan fingerprint density at radius 1 is 1.00 bits per heavy atom. The van der Waals surface area contributed by atoms with E-state index in [-0.39, 0.29) is 6.42 Å². The first-order valence-electron chi connectivity index (χ1n) is 7.10. The molecular weight excluding hydrogens is 316 g/mol. The Bertz CT molecular complexity index is 659. The van der Waals surface area contributed by atoms with E-state index in [1.165, 1.54) is 0 Å². The van der Waals surface area contributed by atoms with E-state index < -0.39 is 18.0 Å². The molecule has 0 heterocycles. The number of amides is 2. The predicted molar refractivity (Wildman–Crippen MR) is 88.4 cm³/mol. The van der Waals surface area contributed by atoms with Crippen LogP contribution in [-0.4, -0.2) is 23.1 Å². The number of rotatable bonds is 6. The van der Waals surface area contributed by atoms with Crippen LogP contribution in [0, 0.1) is 0 Å². The van der Waals surface area contributed by atoms with Gasteiger partial charge in [0.05, 0.1) is 0 Å². The number of halogens is 1. The molecule has 6 heteroatoms. The minimum atomic E-state index is -1.07. The Morgan fingerprint density at radius 2 is 1.65 bits per heavy atom. The second kappa shape index (κ2) is 8.19. The molecule has 0 aromatic heterocycles. The summed E-state index contributed by atoms with van der Waals surface area (Å²) in [7, 11) is 0. The topological polar surface area (TPSA) is 78.4 Å². The molecule has 0 spiro atoms. The molecule has 0 radical (unpaired) electrons. The summed E-state index contributed by atoms with van der Waals surface area (Å²) >= 11 is 5.79. The van der Waals surface area contributed by atoms with Crippen molar-refractivity contribution < 1.29 is 14.7 Å². The predicted octanol–water partition coefficient (Wildman–Crippen LogP) is 2.84. The van der Waals surface area contributed by atoms with Crippen molar-refractivity contribution >= 4 is 23.6 Å². The fourth-order valence-electron chi connectivity index (χ4n) is 2.04. The first-order valence-corrected chi connectivity index (χ1v) is 7.48. The molecule has 2 aromatic rings. The maximum Gasteiger partial charge on any atom is 0.326 e. The lowest BCUT2D eigenvalue weighted by atomic mass is 10.1. The molecule has 0 unspecified atom stereocenters. The van der Waals surface area contributed by atoms with Gasteiger partial charge < -0.3 is 15.7 Å². The van der Waals surface area contributed by atoms with Gasteiger partial charge in [-0.1, -0.05) is 54.1 Å². The molecule has 2 rings (SSSR count). The molecule has 0 aliphatic rings. The third-order valence-electron chi connectivity index (χ3n) is 3.25. The maximum atomic E-state index is 11.9. The van der Waals surface area contributed by atoms with Gasteiger partial charge in [0.1, 0.15) is 6.04 Å². The summed E-state index contributed by atoms with van der Waals surface area (Å²) in [4.78, 5) is 23.2. The lowest BCUT2D eigenvalue weighted by Crippen LogP contribution is -2.46. The van der Waals surface area contributed by atoms with E-state index >= 15 is 0 Å². The summed E-state index contributed by atoms with van der Waals surface area (Å²) in [5.41, 5.74) is 1.72. The van der Waals surface area contributed by atoms with Crippen LogP contribution in [0.25, 0.3) is 0 Å². The Balaban J connectivity index is 1.88. The van der Waals surface area contributed by atoms with Gasteiger partial charge in [0.2, 0.25) is 0 Å². The van der Waals surface area contributed by atoms with Crippen LogP contribution in [0.15, 0.2) is 54.6 Å². The van der Waals surface area contributed by atoms with Gasteiger partial charge in [-0.25, -0.2) is 9.59 Å². The summed E-state index contributed by atoms with van der Waals surface area (Å²) in [5.74, 6) is -1.07. The smallest absolute Gasteiger partial charge is 0.326 e. The lowest BCUT2D eigenvalue weighted by molar-refractivity contribution is -0.139. The van der Waals surface area contributed by atoms with Crippen LogP contribution >= 0.6 is 11.6 Å². The van der Waals surface area contributed by atoms with Gasteiger partial charge in [0.15, 0.2) is 0 Å². The number of benzene rings is 2. The minimum absolute atomic E-state index is 0.227. The van der Waals surface area contributed by atoms with E-state index in [0.29, 0.717) is 11.6 Å². The molecule has 0 saturated heterocycles. The van der Waals surface area contributed by atoms with Crippen LogP contribution in [0.3, 0.4) is 0 Å². The van der Waals surface area contributed by atoms with Crippen LogP contribution in [-0.2, 0) is 17.8 Å². The number of hydrogen-bond acceptors (Lipinski definition) is 2. The molecule has 1 atom stereocenters. The van der Waals surface area contributed by atoms with Crippen molar-refractivity contribution in [3.8, 4) is 0 Å². The third-order valence-corrected chi connectivity index (χ3v) is 3.50.